The number of nitrogens with zero attached hydrogens (tertiary/aromatic N) is 2. The third-order valence-corrected chi connectivity index (χ3v) is 7.75. The van der Waals surface area contributed by atoms with Crippen molar-refractivity contribution in [3.05, 3.63) is 76.5 Å². The molecule has 3 aromatic rings. The number of carbonyl (C=O) groups is 1. The molecule has 0 unspecified atom stereocenters. The van der Waals surface area contributed by atoms with Crippen LogP contribution in [0.1, 0.15) is 35.2 Å². The van der Waals surface area contributed by atoms with Gasteiger partial charge in [-0.2, -0.15) is 0 Å². The second-order valence-electron chi connectivity index (χ2n) is 8.35. The zero-order valence-electron chi connectivity index (χ0n) is 17.8. The highest BCUT2D eigenvalue weighted by Crippen LogP contribution is 2.55. The van der Waals surface area contributed by atoms with E-state index < -0.39 is 0 Å². The molecule has 30 heavy (non-hydrogen) atoms. The fourth-order valence-corrected chi connectivity index (χ4v) is 6.28. The smallest absolute Gasteiger partial charge is 0.315 e. The van der Waals surface area contributed by atoms with Gasteiger partial charge in [0.2, 0.25) is 0 Å². The van der Waals surface area contributed by atoms with Crippen molar-refractivity contribution in [1.29, 1.82) is 0 Å². The molecule has 1 aliphatic carbocycles. The Labute approximate surface area is 181 Å². The average Bonchev–Trinajstić information content (AvgIpc) is 3.05. The Bertz CT molecular complexity index is 1160. The van der Waals surface area contributed by atoms with Crippen molar-refractivity contribution in [2.45, 2.75) is 30.2 Å². The van der Waals surface area contributed by atoms with E-state index in [-0.39, 0.29) is 23.8 Å². The van der Waals surface area contributed by atoms with Crippen LogP contribution in [0.2, 0.25) is 0 Å². The predicted octanol–water partition coefficient (Wildman–Crippen LogP) is 5.38. The lowest BCUT2D eigenvalue weighted by Crippen LogP contribution is -2.39. The monoisotopic (exact) mass is 418 g/mol. The minimum Gasteiger partial charge on any atom is -0.468 e. The molecule has 0 fully saturated rings. The number of methoxy groups -OCH3 is 1. The molecule has 0 spiro atoms. The number of thioether (sulfide) groups is 1. The lowest BCUT2D eigenvalue weighted by Gasteiger charge is -2.44. The number of fused-ring (bicyclic) bond motifs is 6. The third kappa shape index (κ3) is 2.87. The van der Waals surface area contributed by atoms with Crippen LogP contribution in [-0.4, -0.2) is 29.6 Å². The van der Waals surface area contributed by atoms with Gasteiger partial charge in [0, 0.05) is 58.2 Å². The Morgan fingerprint density at radius 2 is 1.83 bits per heavy atom. The van der Waals surface area contributed by atoms with Gasteiger partial charge in [-0.3, -0.25) is 4.79 Å². The molecule has 1 aliphatic heterocycles. The first kappa shape index (κ1) is 19.3. The lowest BCUT2D eigenvalue weighted by atomic mass is 9.73. The van der Waals surface area contributed by atoms with E-state index in [2.05, 4.69) is 85.2 Å². The summed E-state index contributed by atoms with van der Waals surface area (Å²) in [7, 11) is 5.73. The summed E-state index contributed by atoms with van der Waals surface area (Å²) in [5, 5.41) is 1.24. The number of hydrogen-bond donors (Lipinski definition) is 0. The molecule has 0 amide bonds. The van der Waals surface area contributed by atoms with Crippen LogP contribution >= 0.6 is 11.8 Å². The Kier molecular flexibility index (Phi) is 4.66. The summed E-state index contributed by atoms with van der Waals surface area (Å²) in [5.74, 6) is -0.331. The summed E-state index contributed by atoms with van der Waals surface area (Å²) < 4.78 is 7.53. The van der Waals surface area contributed by atoms with Gasteiger partial charge in [0.1, 0.15) is 5.92 Å². The van der Waals surface area contributed by atoms with Gasteiger partial charge < -0.3 is 14.2 Å². The second-order valence-corrected chi connectivity index (χ2v) is 9.49. The summed E-state index contributed by atoms with van der Waals surface area (Å²) >= 11 is 1.77. The fourth-order valence-electron chi connectivity index (χ4n) is 5.14. The van der Waals surface area contributed by atoms with E-state index in [1.165, 1.54) is 38.9 Å². The number of benzene rings is 2. The molecule has 0 saturated heterocycles. The molecular weight excluding hydrogens is 392 g/mol. The molecule has 2 bridgehead atoms. The quantitative estimate of drug-likeness (QED) is 0.535. The lowest BCUT2D eigenvalue weighted by molar-refractivity contribution is -0.144. The van der Waals surface area contributed by atoms with Crippen molar-refractivity contribution in [2.75, 3.05) is 14.2 Å². The van der Waals surface area contributed by atoms with Crippen LogP contribution in [0.4, 0.5) is 0 Å². The zero-order valence-corrected chi connectivity index (χ0v) is 18.6. The number of hydrogen-bond acceptors (Lipinski definition) is 4. The molecule has 2 aliphatic rings. The molecule has 5 heteroatoms. The highest BCUT2D eigenvalue weighted by Gasteiger charge is 2.47. The van der Waals surface area contributed by atoms with Crippen LogP contribution in [0.25, 0.3) is 10.9 Å². The molecular formula is C25H26N2O2S. The Hall–Kier alpha value is -2.66. The van der Waals surface area contributed by atoms with E-state index in [9.17, 15) is 4.79 Å². The molecule has 0 saturated carbocycles. The summed E-state index contributed by atoms with van der Waals surface area (Å²) in [6.45, 7) is 2.10. The maximum atomic E-state index is 13.1. The van der Waals surface area contributed by atoms with E-state index in [1.807, 2.05) is 0 Å². The molecule has 0 N–H and O–H groups in total. The van der Waals surface area contributed by atoms with Crippen LogP contribution in [0, 0.1) is 12.8 Å². The van der Waals surface area contributed by atoms with Crippen molar-refractivity contribution >= 4 is 28.6 Å². The zero-order chi connectivity index (χ0) is 21.0. The van der Waals surface area contributed by atoms with Crippen molar-refractivity contribution < 1.29 is 9.53 Å². The molecule has 154 valence electrons. The maximum absolute atomic E-state index is 13.1. The Balaban J connectivity index is 1.66. The number of allylic oxidation sites excluding steroid dienone is 1. The van der Waals surface area contributed by atoms with Crippen molar-refractivity contribution in [2.24, 2.45) is 13.0 Å². The molecule has 0 radical (unpaired) electrons. The normalized spacial score (nSPS) is 22.6. The highest BCUT2D eigenvalue weighted by atomic mass is 32.2. The Morgan fingerprint density at radius 1 is 1.10 bits per heavy atom. The number of aryl methyl sites for hydroxylation is 2. The van der Waals surface area contributed by atoms with Gasteiger partial charge in [0.15, 0.2) is 0 Å². The first-order valence-corrected chi connectivity index (χ1v) is 11.1. The van der Waals surface area contributed by atoms with E-state index >= 15 is 0 Å². The van der Waals surface area contributed by atoms with Crippen LogP contribution in [0.15, 0.2) is 64.5 Å². The first-order chi connectivity index (χ1) is 14.5. The van der Waals surface area contributed by atoms with Gasteiger partial charge in [-0.05, 0) is 31.5 Å². The fraction of sp³-hybridized carbons (Fsp3) is 0.320. The van der Waals surface area contributed by atoms with Crippen LogP contribution in [0.5, 0.6) is 0 Å². The maximum Gasteiger partial charge on any atom is 0.315 e. The van der Waals surface area contributed by atoms with Crippen LogP contribution in [-0.2, 0) is 16.6 Å². The van der Waals surface area contributed by atoms with Gasteiger partial charge in [-0.15, -0.1) is 0 Å². The number of ether oxygens (including phenoxy) is 1. The molecule has 3 atom stereocenters. The summed E-state index contributed by atoms with van der Waals surface area (Å²) in [6, 6.07) is 17.3. The Morgan fingerprint density at radius 3 is 2.57 bits per heavy atom. The number of aromatic nitrogens is 1. The molecule has 2 aromatic carbocycles. The third-order valence-electron chi connectivity index (χ3n) is 6.60. The van der Waals surface area contributed by atoms with Crippen LogP contribution in [0.3, 0.4) is 0 Å². The number of esters is 1. The van der Waals surface area contributed by atoms with Gasteiger partial charge in [-0.25, -0.2) is 0 Å². The first-order valence-electron chi connectivity index (χ1n) is 10.3. The van der Waals surface area contributed by atoms with Gasteiger partial charge in [0.05, 0.1) is 13.2 Å². The number of carbonyl (C=O) groups excluding carboxylic acids is 1. The van der Waals surface area contributed by atoms with Gasteiger partial charge >= 0.3 is 5.97 Å². The molecule has 4 nitrogen and oxygen atoms in total. The summed E-state index contributed by atoms with van der Waals surface area (Å²) in [4.78, 5) is 17.8. The number of rotatable bonds is 3. The average molecular weight is 419 g/mol. The predicted molar refractivity (Wildman–Crippen MR) is 121 cm³/mol. The van der Waals surface area contributed by atoms with Crippen LogP contribution < -0.4 is 0 Å². The molecule has 1 aromatic heterocycles. The van der Waals surface area contributed by atoms with Crippen molar-refractivity contribution in [1.82, 2.24) is 9.47 Å². The van der Waals surface area contributed by atoms with Gasteiger partial charge in [0.25, 0.3) is 0 Å². The van der Waals surface area contributed by atoms with E-state index in [1.54, 1.807) is 11.8 Å². The second kappa shape index (κ2) is 7.24. The van der Waals surface area contributed by atoms with Gasteiger partial charge in [-0.1, -0.05) is 47.7 Å². The summed E-state index contributed by atoms with van der Waals surface area (Å²) in [6.07, 6.45) is 3.16. The minimum absolute atomic E-state index is 0.112. The topological polar surface area (TPSA) is 34.5 Å². The SMILES string of the molecule is COC(=O)[C@H]1c2c(c3ccccc3n2C)[C@@H]2C[C@H]1C(Sc1ccc(C)cc1)=CN2C. The van der Waals surface area contributed by atoms with E-state index in [4.69, 9.17) is 4.74 Å². The molecule has 5 rings (SSSR count). The van der Waals surface area contributed by atoms with E-state index in [0.717, 1.165) is 12.1 Å². The van der Waals surface area contributed by atoms with Crippen molar-refractivity contribution in [3.63, 3.8) is 0 Å². The minimum atomic E-state index is -0.295. The standard InChI is InChI=1S/C25H26N2O2S/c1-15-9-11-16(12-10-15)30-21-14-26(2)20-13-18(21)23(25(28)29-4)24-22(20)17-7-5-6-8-19(17)27(24)3/h5-12,14,18,20,23H,13H2,1-4H3/t18-,20-,23+/m0/s1. The highest BCUT2D eigenvalue weighted by molar-refractivity contribution is 8.03. The number of para-hydroxylation sites is 1. The van der Waals surface area contributed by atoms with E-state index in [0.29, 0.717) is 0 Å². The summed E-state index contributed by atoms with van der Waals surface area (Å²) in [5.41, 5.74) is 4.80. The molecule has 2 heterocycles. The largest absolute Gasteiger partial charge is 0.468 e. The van der Waals surface area contributed by atoms with Crippen molar-refractivity contribution in [3.8, 4) is 0 Å².